The minimum Gasteiger partial charge on any atom is -0.451 e. The van der Waals surface area contributed by atoms with E-state index in [1.165, 1.54) is 0 Å². The van der Waals surface area contributed by atoms with Crippen molar-refractivity contribution >= 4 is 33.5 Å². The number of fused-ring (bicyclic) bond motifs is 1. The molecular formula is C22H20N4O2. The Morgan fingerprint density at radius 1 is 0.464 bits per heavy atom. The first kappa shape index (κ1) is 17.4. The molecule has 6 nitrogen and oxygen atoms in total. The summed E-state index contributed by atoms with van der Waals surface area (Å²) in [5.74, 6) is 1.98. The van der Waals surface area contributed by atoms with Gasteiger partial charge in [-0.05, 0) is 59.3 Å². The molecule has 0 saturated carbocycles. The third-order valence-corrected chi connectivity index (χ3v) is 4.32. The highest BCUT2D eigenvalue weighted by Crippen LogP contribution is 2.41. The van der Waals surface area contributed by atoms with Crippen LogP contribution in [0, 0.1) is 0 Å². The Labute approximate surface area is 162 Å². The van der Waals surface area contributed by atoms with Crippen LogP contribution in [-0.4, -0.2) is 0 Å². The normalized spacial score (nSPS) is 10.7. The van der Waals surface area contributed by atoms with Crippen molar-refractivity contribution in [3.8, 4) is 23.0 Å². The van der Waals surface area contributed by atoms with E-state index in [-0.39, 0.29) is 0 Å². The quantitative estimate of drug-likeness (QED) is 0.383. The second kappa shape index (κ2) is 6.92. The summed E-state index contributed by atoms with van der Waals surface area (Å²) in [5, 5.41) is 2.01. The maximum Gasteiger partial charge on any atom is 0.170 e. The summed E-state index contributed by atoms with van der Waals surface area (Å²) in [5.41, 5.74) is 25.6. The molecule has 0 unspecified atom stereocenters. The first-order valence-corrected chi connectivity index (χ1v) is 8.68. The lowest BCUT2D eigenvalue weighted by atomic mass is 10.1. The highest BCUT2D eigenvalue weighted by molar-refractivity contribution is 5.86. The Balaban J connectivity index is 1.80. The maximum absolute atomic E-state index is 6.07. The van der Waals surface area contributed by atoms with Crippen LogP contribution in [0.4, 0.5) is 22.7 Å². The van der Waals surface area contributed by atoms with Gasteiger partial charge in [0.15, 0.2) is 23.0 Å². The standard InChI is InChI=1S/C22H20N4O2/c23-15-5-7-19(17(25)11-15)27-21-9-13-3-1-2-4-14(13)10-22(21)28-20-8-6-16(24)12-18(20)26/h1-12H,23-26H2. The number of anilines is 4. The van der Waals surface area contributed by atoms with Crippen molar-refractivity contribution in [2.24, 2.45) is 0 Å². The summed E-state index contributed by atoms with van der Waals surface area (Å²) in [6.45, 7) is 0. The van der Waals surface area contributed by atoms with Gasteiger partial charge in [0.05, 0.1) is 11.4 Å². The molecule has 0 aromatic heterocycles. The minimum atomic E-state index is 0.436. The zero-order valence-corrected chi connectivity index (χ0v) is 15.1. The average molecular weight is 372 g/mol. The van der Waals surface area contributed by atoms with E-state index in [4.69, 9.17) is 32.4 Å². The van der Waals surface area contributed by atoms with Crippen LogP contribution in [0.1, 0.15) is 0 Å². The molecule has 4 aromatic rings. The molecular weight excluding hydrogens is 352 g/mol. The molecule has 6 heteroatoms. The van der Waals surface area contributed by atoms with Crippen molar-refractivity contribution in [3.05, 3.63) is 72.8 Å². The second-order valence-corrected chi connectivity index (χ2v) is 6.44. The fourth-order valence-electron chi connectivity index (χ4n) is 2.91. The molecule has 8 N–H and O–H groups in total. The van der Waals surface area contributed by atoms with Crippen LogP contribution in [0.3, 0.4) is 0 Å². The highest BCUT2D eigenvalue weighted by Gasteiger charge is 2.13. The van der Waals surface area contributed by atoms with Crippen molar-refractivity contribution in [2.45, 2.75) is 0 Å². The summed E-state index contributed by atoms with van der Waals surface area (Å²) >= 11 is 0. The van der Waals surface area contributed by atoms with Gasteiger partial charge in [-0.1, -0.05) is 24.3 Å². The number of rotatable bonds is 4. The van der Waals surface area contributed by atoms with Gasteiger partial charge in [0.25, 0.3) is 0 Å². The summed E-state index contributed by atoms with van der Waals surface area (Å²) in [7, 11) is 0. The Hall–Kier alpha value is -4.06. The molecule has 0 bridgehead atoms. The van der Waals surface area contributed by atoms with Crippen molar-refractivity contribution in [3.63, 3.8) is 0 Å². The molecule has 4 rings (SSSR count). The number of ether oxygens (including phenoxy) is 2. The first-order chi connectivity index (χ1) is 13.5. The second-order valence-electron chi connectivity index (χ2n) is 6.44. The molecule has 0 radical (unpaired) electrons. The fourth-order valence-corrected chi connectivity index (χ4v) is 2.91. The smallest absolute Gasteiger partial charge is 0.170 e. The third kappa shape index (κ3) is 3.43. The Morgan fingerprint density at radius 2 is 0.893 bits per heavy atom. The van der Waals surface area contributed by atoms with E-state index in [9.17, 15) is 0 Å². The molecule has 28 heavy (non-hydrogen) atoms. The molecule has 4 aromatic carbocycles. The molecule has 0 aliphatic carbocycles. The lowest BCUT2D eigenvalue weighted by Crippen LogP contribution is -1.98. The molecule has 0 amide bonds. The summed E-state index contributed by atoms with van der Waals surface area (Å²) in [6.07, 6.45) is 0. The average Bonchev–Trinajstić information content (AvgIpc) is 2.66. The van der Waals surface area contributed by atoms with E-state index in [1.54, 1.807) is 36.4 Å². The van der Waals surface area contributed by atoms with Crippen LogP contribution in [0.25, 0.3) is 10.8 Å². The van der Waals surface area contributed by atoms with Crippen molar-refractivity contribution in [1.82, 2.24) is 0 Å². The molecule has 0 saturated heterocycles. The molecule has 0 aliphatic rings. The zero-order valence-electron chi connectivity index (χ0n) is 15.1. The number of hydrogen-bond donors (Lipinski definition) is 4. The molecule has 0 atom stereocenters. The zero-order chi connectivity index (χ0) is 19.7. The predicted octanol–water partition coefficient (Wildman–Crippen LogP) is 4.75. The Morgan fingerprint density at radius 3 is 1.29 bits per heavy atom. The molecule has 0 fully saturated rings. The topological polar surface area (TPSA) is 123 Å². The highest BCUT2D eigenvalue weighted by atomic mass is 16.5. The van der Waals surface area contributed by atoms with Gasteiger partial charge in [-0.15, -0.1) is 0 Å². The lowest BCUT2D eigenvalue weighted by Gasteiger charge is -2.16. The van der Waals surface area contributed by atoms with Crippen LogP contribution < -0.4 is 32.4 Å². The van der Waals surface area contributed by atoms with Gasteiger partial charge in [0.1, 0.15) is 0 Å². The third-order valence-electron chi connectivity index (χ3n) is 4.32. The number of hydrogen-bond acceptors (Lipinski definition) is 6. The number of benzene rings is 4. The van der Waals surface area contributed by atoms with Gasteiger partial charge in [-0.25, -0.2) is 0 Å². The Bertz CT molecular complexity index is 1080. The van der Waals surface area contributed by atoms with Crippen LogP contribution in [-0.2, 0) is 0 Å². The van der Waals surface area contributed by atoms with Gasteiger partial charge in [-0.2, -0.15) is 0 Å². The van der Waals surface area contributed by atoms with Gasteiger partial charge in [-0.3, -0.25) is 0 Å². The molecule has 0 aliphatic heterocycles. The minimum absolute atomic E-state index is 0.436. The van der Waals surface area contributed by atoms with E-state index in [1.807, 2.05) is 36.4 Å². The largest absolute Gasteiger partial charge is 0.451 e. The lowest BCUT2D eigenvalue weighted by molar-refractivity contribution is 0.422. The summed E-state index contributed by atoms with van der Waals surface area (Å²) in [6, 6.07) is 21.9. The predicted molar refractivity (Wildman–Crippen MR) is 115 cm³/mol. The van der Waals surface area contributed by atoms with Crippen molar-refractivity contribution in [2.75, 3.05) is 22.9 Å². The Kier molecular flexibility index (Phi) is 4.29. The molecule has 140 valence electrons. The maximum atomic E-state index is 6.07. The fraction of sp³-hybridized carbons (Fsp3) is 0. The van der Waals surface area contributed by atoms with Crippen molar-refractivity contribution in [1.29, 1.82) is 0 Å². The van der Waals surface area contributed by atoms with E-state index in [0.29, 0.717) is 45.7 Å². The van der Waals surface area contributed by atoms with Gasteiger partial charge in [0, 0.05) is 11.4 Å². The van der Waals surface area contributed by atoms with Crippen molar-refractivity contribution < 1.29 is 9.47 Å². The SMILES string of the molecule is Nc1ccc(Oc2cc3ccccc3cc2Oc2ccc(N)cc2N)c(N)c1. The van der Waals surface area contributed by atoms with E-state index < -0.39 is 0 Å². The van der Waals surface area contributed by atoms with Crippen LogP contribution in [0.5, 0.6) is 23.0 Å². The monoisotopic (exact) mass is 372 g/mol. The number of nitrogens with two attached hydrogens (primary N) is 4. The molecule has 0 spiro atoms. The van der Waals surface area contributed by atoms with Crippen LogP contribution >= 0.6 is 0 Å². The van der Waals surface area contributed by atoms with E-state index in [2.05, 4.69) is 0 Å². The van der Waals surface area contributed by atoms with Gasteiger partial charge >= 0.3 is 0 Å². The van der Waals surface area contributed by atoms with E-state index in [0.717, 1.165) is 10.8 Å². The van der Waals surface area contributed by atoms with Crippen LogP contribution in [0.2, 0.25) is 0 Å². The van der Waals surface area contributed by atoms with E-state index >= 15 is 0 Å². The summed E-state index contributed by atoms with van der Waals surface area (Å²) in [4.78, 5) is 0. The first-order valence-electron chi connectivity index (χ1n) is 8.68. The number of nitrogen functional groups attached to an aromatic ring is 4. The van der Waals surface area contributed by atoms with Gasteiger partial charge in [0.2, 0.25) is 0 Å². The molecule has 0 heterocycles. The van der Waals surface area contributed by atoms with Gasteiger partial charge < -0.3 is 32.4 Å². The summed E-state index contributed by atoms with van der Waals surface area (Å²) < 4.78 is 12.1. The van der Waals surface area contributed by atoms with Crippen LogP contribution in [0.15, 0.2) is 72.8 Å².